The smallest absolute Gasteiger partial charge is 0.339 e. The van der Waals surface area contributed by atoms with Crippen molar-refractivity contribution in [2.24, 2.45) is 0 Å². The Hall–Kier alpha value is -3.31. The normalized spacial score (nSPS) is 17.6. The molecule has 0 atom stereocenters. The molecule has 0 unspecified atom stereocenters. The monoisotopic (exact) mass is 530 g/mol. The Bertz CT molecular complexity index is 1310. The lowest BCUT2D eigenvalue weighted by Crippen LogP contribution is -2.44. The molecule has 11 heteroatoms. The Morgan fingerprint density at radius 3 is 2.42 bits per heavy atom. The van der Waals surface area contributed by atoms with Crippen molar-refractivity contribution in [3.8, 4) is 11.5 Å². The standard InChI is InChI=1S/C25H26N2O7S2/c1-17-9-11-19(12-10-17)36(31,32)34-23-18(7-6-8-20(23)33-2)15-21-24(29)27(25(30)35-21)16-22(28)26-13-4-3-5-14-26/h6-12,15H,3-5,13-14,16H2,1-2H3/b21-15-. The van der Waals surface area contributed by atoms with Gasteiger partial charge in [-0.25, -0.2) is 0 Å². The van der Waals surface area contributed by atoms with Gasteiger partial charge >= 0.3 is 10.1 Å². The SMILES string of the molecule is COc1cccc(/C=C2\SC(=O)N(CC(=O)N3CCCCC3)C2=O)c1OS(=O)(=O)c1ccc(C)cc1. The Balaban J connectivity index is 1.60. The number of imide groups is 1. The number of carbonyl (C=O) groups excluding carboxylic acids is 3. The van der Waals surface area contributed by atoms with Crippen LogP contribution in [0.15, 0.2) is 52.3 Å². The maximum absolute atomic E-state index is 13.0. The second kappa shape index (κ2) is 10.8. The summed E-state index contributed by atoms with van der Waals surface area (Å²) in [6.07, 6.45) is 4.23. The molecule has 2 fully saturated rings. The summed E-state index contributed by atoms with van der Waals surface area (Å²) in [6.45, 7) is 2.74. The Kier molecular flexibility index (Phi) is 7.70. The van der Waals surface area contributed by atoms with Gasteiger partial charge in [-0.05, 0) is 62.2 Å². The molecule has 0 aromatic heterocycles. The summed E-state index contributed by atoms with van der Waals surface area (Å²) in [6, 6.07) is 10.9. The van der Waals surface area contributed by atoms with Gasteiger partial charge in [0, 0.05) is 18.7 Å². The van der Waals surface area contributed by atoms with E-state index in [9.17, 15) is 22.8 Å². The van der Waals surface area contributed by atoms with Gasteiger partial charge in [-0.2, -0.15) is 8.42 Å². The molecule has 0 N–H and O–H groups in total. The number of ether oxygens (including phenoxy) is 1. The largest absolute Gasteiger partial charge is 0.493 e. The van der Waals surface area contributed by atoms with Crippen LogP contribution >= 0.6 is 11.8 Å². The van der Waals surface area contributed by atoms with Gasteiger partial charge in [0.1, 0.15) is 11.4 Å². The van der Waals surface area contributed by atoms with Crippen molar-refractivity contribution in [1.82, 2.24) is 9.80 Å². The lowest BCUT2D eigenvalue weighted by atomic mass is 10.1. The average Bonchev–Trinajstić information content (AvgIpc) is 3.13. The zero-order chi connectivity index (χ0) is 25.9. The van der Waals surface area contributed by atoms with E-state index in [4.69, 9.17) is 8.92 Å². The molecule has 0 aliphatic carbocycles. The zero-order valence-corrected chi connectivity index (χ0v) is 21.6. The second-order valence-electron chi connectivity index (χ2n) is 8.44. The number of likely N-dealkylation sites (tertiary alicyclic amines) is 1. The van der Waals surface area contributed by atoms with Crippen LogP contribution in [-0.4, -0.2) is 62.0 Å². The molecule has 9 nitrogen and oxygen atoms in total. The minimum Gasteiger partial charge on any atom is -0.493 e. The van der Waals surface area contributed by atoms with E-state index >= 15 is 0 Å². The van der Waals surface area contributed by atoms with Crippen LogP contribution < -0.4 is 8.92 Å². The maximum Gasteiger partial charge on any atom is 0.339 e. The van der Waals surface area contributed by atoms with Gasteiger partial charge < -0.3 is 13.8 Å². The van der Waals surface area contributed by atoms with E-state index in [1.165, 1.54) is 31.4 Å². The van der Waals surface area contributed by atoms with Gasteiger partial charge in [-0.15, -0.1) is 0 Å². The summed E-state index contributed by atoms with van der Waals surface area (Å²) in [5, 5.41) is -0.561. The first-order valence-electron chi connectivity index (χ1n) is 11.4. The summed E-state index contributed by atoms with van der Waals surface area (Å²) in [5.74, 6) is -0.867. The van der Waals surface area contributed by atoms with Crippen molar-refractivity contribution in [1.29, 1.82) is 0 Å². The lowest BCUT2D eigenvalue weighted by molar-refractivity contribution is -0.136. The number of hydrogen-bond acceptors (Lipinski definition) is 8. The van der Waals surface area contributed by atoms with E-state index in [1.807, 2.05) is 6.92 Å². The third kappa shape index (κ3) is 5.57. The van der Waals surface area contributed by atoms with E-state index in [0.717, 1.165) is 29.7 Å². The van der Waals surface area contributed by atoms with Crippen LogP contribution in [0.5, 0.6) is 11.5 Å². The van der Waals surface area contributed by atoms with Gasteiger partial charge in [0.15, 0.2) is 11.5 Å². The molecule has 2 saturated heterocycles. The maximum atomic E-state index is 13.0. The minimum atomic E-state index is -4.21. The van der Waals surface area contributed by atoms with Gasteiger partial charge in [0.25, 0.3) is 11.1 Å². The van der Waals surface area contributed by atoms with E-state index in [1.54, 1.807) is 29.2 Å². The number of aryl methyl sites for hydroxylation is 1. The van der Waals surface area contributed by atoms with Gasteiger partial charge in [-0.3, -0.25) is 19.3 Å². The molecule has 0 bridgehead atoms. The minimum absolute atomic E-state index is 0.0403. The Morgan fingerprint density at radius 1 is 1.06 bits per heavy atom. The lowest BCUT2D eigenvalue weighted by Gasteiger charge is -2.27. The van der Waals surface area contributed by atoms with Crippen LogP contribution in [0.4, 0.5) is 4.79 Å². The molecular weight excluding hydrogens is 504 g/mol. The third-order valence-corrected chi connectivity index (χ3v) is 8.04. The number of para-hydroxylation sites is 1. The van der Waals surface area contributed by atoms with Gasteiger partial charge in [0.05, 0.1) is 12.0 Å². The topological polar surface area (TPSA) is 110 Å². The number of amides is 3. The predicted octanol–water partition coefficient (Wildman–Crippen LogP) is 3.82. The number of piperidine rings is 1. The first-order chi connectivity index (χ1) is 17.2. The molecule has 0 spiro atoms. The van der Waals surface area contributed by atoms with Crippen molar-refractivity contribution >= 4 is 45.0 Å². The van der Waals surface area contributed by atoms with Crippen molar-refractivity contribution in [3.05, 3.63) is 58.5 Å². The average molecular weight is 531 g/mol. The fraction of sp³-hybridized carbons (Fsp3) is 0.320. The first kappa shape index (κ1) is 25.8. The zero-order valence-electron chi connectivity index (χ0n) is 19.9. The van der Waals surface area contributed by atoms with Crippen molar-refractivity contribution in [3.63, 3.8) is 0 Å². The summed E-state index contributed by atoms with van der Waals surface area (Å²) < 4.78 is 36.6. The van der Waals surface area contributed by atoms with Crippen LogP contribution in [-0.2, 0) is 19.7 Å². The van der Waals surface area contributed by atoms with E-state index in [2.05, 4.69) is 0 Å². The molecule has 2 aromatic rings. The molecule has 0 radical (unpaired) electrons. The summed E-state index contributed by atoms with van der Waals surface area (Å²) in [4.78, 5) is 40.8. The number of carbonyl (C=O) groups is 3. The highest BCUT2D eigenvalue weighted by Gasteiger charge is 2.37. The molecule has 190 valence electrons. The van der Waals surface area contributed by atoms with Crippen LogP contribution in [0, 0.1) is 6.92 Å². The first-order valence-corrected chi connectivity index (χ1v) is 13.6. The van der Waals surface area contributed by atoms with E-state index in [0.29, 0.717) is 24.9 Å². The number of thioether (sulfide) groups is 1. The summed E-state index contributed by atoms with van der Waals surface area (Å²) >= 11 is 0.685. The van der Waals surface area contributed by atoms with E-state index < -0.39 is 21.3 Å². The second-order valence-corrected chi connectivity index (χ2v) is 11.0. The highest BCUT2D eigenvalue weighted by atomic mass is 32.2. The van der Waals surface area contributed by atoms with Crippen LogP contribution in [0.2, 0.25) is 0 Å². The molecule has 3 amide bonds. The van der Waals surface area contributed by atoms with Crippen molar-refractivity contribution in [2.45, 2.75) is 31.1 Å². The molecule has 0 saturated carbocycles. The van der Waals surface area contributed by atoms with Crippen LogP contribution in [0.1, 0.15) is 30.4 Å². The number of hydrogen-bond donors (Lipinski definition) is 0. The molecule has 2 aliphatic rings. The molecule has 2 heterocycles. The van der Waals surface area contributed by atoms with E-state index in [-0.39, 0.29) is 39.3 Å². The molecule has 2 aliphatic heterocycles. The highest BCUT2D eigenvalue weighted by molar-refractivity contribution is 8.18. The summed E-state index contributed by atoms with van der Waals surface area (Å²) in [7, 11) is -2.85. The molecular formula is C25H26N2O7S2. The van der Waals surface area contributed by atoms with Crippen LogP contribution in [0.3, 0.4) is 0 Å². The fourth-order valence-electron chi connectivity index (χ4n) is 3.92. The predicted molar refractivity (Wildman–Crippen MR) is 135 cm³/mol. The highest BCUT2D eigenvalue weighted by Crippen LogP contribution is 2.38. The number of rotatable bonds is 7. The van der Waals surface area contributed by atoms with Crippen molar-refractivity contribution < 1.29 is 31.7 Å². The number of benzene rings is 2. The molecule has 36 heavy (non-hydrogen) atoms. The van der Waals surface area contributed by atoms with Crippen molar-refractivity contribution in [2.75, 3.05) is 26.7 Å². The number of nitrogens with zero attached hydrogens (tertiary/aromatic N) is 2. The van der Waals surface area contributed by atoms with Gasteiger partial charge in [-0.1, -0.05) is 29.8 Å². The quantitative estimate of drug-likeness (QED) is 0.393. The fourth-order valence-corrected chi connectivity index (χ4v) is 5.71. The molecule has 4 rings (SSSR count). The number of methoxy groups -OCH3 is 1. The summed E-state index contributed by atoms with van der Waals surface area (Å²) in [5.41, 5.74) is 1.12. The Labute approximate surface area is 214 Å². The third-order valence-electron chi connectivity index (χ3n) is 5.89. The Morgan fingerprint density at radius 2 is 1.75 bits per heavy atom. The van der Waals surface area contributed by atoms with Crippen LogP contribution in [0.25, 0.3) is 6.08 Å². The van der Waals surface area contributed by atoms with Gasteiger partial charge in [0.2, 0.25) is 5.91 Å². The molecule has 2 aromatic carbocycles.